The topological polar surface area (TPSA) is 81.5 Å². The molecule has 2 aromatic rings. The van der Waals surface area contributed by atoms with Crippen LogP contribution in [-0.2, 0) is 4.79 Å². The van der Waals surface area contributed by atoms with Gasteiger partial charge in [0.1, 0.15) is 17.3 Å². The van der Waals surface area contributed by atoms with Crippen LogP contribution in [0.1, 0.15) is 6.92 Å². The van der Waals surface area contributed by atoms with Gasteiger partial charge in [-0.05, 0) is 47.1 Å². The van der Waals surface area contributed by atoms with E-state index in [1.54, 1.807) is 6.07 Å². The van der Waals surface area contributed by atoms with Crippen LogP contribution in [0.15, 0.2) is 46.9 Å². The fourth-order valence-electron chi connectivity index (χ4n) is 1.79. The maximum absolute atomic E-state index is 13.0. The molecule has 1 amide bonds. The zero-order valence-electron chi connectivity index (χ0n) is 12.0. The molecule has 0 heterocycles. The second-order valence-electron chi connectivity index (χ2n) is 4.60. The Labute approximate surface area is 139 Å². The predicted molar refractivity (Wildman–Crippen MR) is 85.9 cm³/mol. The van der Waals surface area contributed by atoms with E-state index >= 15 is 0 Å². The monoisotopic (exact) mass is 382 g/mol. The third kappa shape index (κ3) is 4.26. The number of benzene rings is 2. The molecule has 0 unspecified atom stereocenters. The molecule has 0 spiro atoms. The van der Waals surface area contributed by atoms with Gasteiger partial charge in [0, 0.05) is 6.07 Å². The van der Waals surface area contributed by atoms with Crippen LogP contribution >= 0.6 is 15.9 Å². The summed E-state index contributed by atoms with van der Waals surface area (Å²) < 4.78 is 18.8. The summed E-state index contributed by atoms with van der Waals surface area (Å²) in [5.74, 6) is -0.714. The normalized spacial score (nSPS) is 11.6. The summed E-state index contributed by atoms with van der Waals surface area (Å²) in [6.07, 6.45) is -0.934. The number of carbonyl (C=O) groups is 1. The third-order valence-corrected chi connectivity index (χ3v) is 3.55. The van der Waals surface area contributed by atoms with Crippen molar-refractivity contribution in [1.29, 1.82) is 0 Å². The highest BCUT2D eigenvalue weighted by Crippen LogP contribution is 2.27. The average molecular weight is 383 g/mol. The van der Waals surface area contributed by atoms with Crippen molar-refractivity contribution in [2.75, 3.05) is 5.32 Å². The van der Waals surface area contributed by atoms with E-state index in [9.17, 15) is 19.3 Å². The van der Waals surface area contributed by atoms with Gasteiger partial charge in [0.15, 0.2) is 6.10 Å². The maximum Gasteiger partial charge on any atom is 0.292 e. The number of ether oxygens (including phenoxy) is 1. The number of amides is 1. The first-order chi connectivity index (χ1) is 10.9. The van der Waals surface area contributed by atoms with Gasteiger partial charge in [0.25, 0.3) is 11.6 Å². The summed E-state index contributed by atoms with van der Waals surface area (Å²) in [5, 5.41) is 13.4. The van der Waals surface area contributed by atoms with E-state index in [-0.39, 0.29) is 17.1 Å². The number of halogens is 2. The van der Waals surface area contributed by atoms with Gasteiger partial charge < -0.3 is 10.1 Å². The maximum atomic E-state index is 13.0. The van der Waals surface area contributed by atoms with Gasteiger partial charge in [-0.15, -0.1) is 0 Å². The first-order valence-electron chi connectivity index (χ1n) is 6.54. The van der Waals surface area contributed by atoms with Crippen LogP contribution in [0.4, 0.5) is 15.8 Å². The molecular formula is C15H12BrFN2O4. The second kappa shape index (κ2) is 7.19. The zero-order valence-corrected chi connectivity index (χ0v) is 13.5. The van der Waals surface area contributed by atoms with E-state index in [0.29, 0.717) is 4.47 Å². The van der Waals surface area contributed by atoms with Crippen LogP contribution in [0.2, 0.25) is 0 Å². The molecule has 8 heteroatoms. The quantitative estimate of drug-likeness (QED) is 0.627. The first kappa shape index (κ1) is 16.9. The van der Waals surface area contributed by atoms with Crippen LogP contribution in [-0.4, -0.2) is 16.9 Å². The zero-order chi connectivity index (χ0) is 17.0. The third-order valence-electron chi connectivity index (χ3n) is 2.93. The fraction of sp³-hybridized carbons (Fsp3) is 0.133. The Morgan fingerprint density at radius 1 is 1.35 bits per heavy atom. The first-order valence-corrected chi connectivity index (χ1v) is 7.34. The summed E-state index contributed by atoms with van der Waals surface area (Å²) in [7, 11) is 0. The van der Waals surface area contributed by atoms with Gasteiger partial charge in [-0.3, -0.25) is 14.9 Å². The van der Waals surface area contributed by atoms with Gasteiger partial charge in [-0.25, -0.2) is 4.39 Å². The van der Waals surface area contributed by atoms with Crippen molar-refractivity contribution in [3.8, 4) is 5.75 Å². The number of anilines is 1. The minimum absolute atomic E-state index is 0.0797. The highest BCUT2D eigenvalue weighted by atomic mass is 79.9. The highest BCUT2D eigenvalue weighted by molar-refractivity contribution is 9.10. The Morgan fingerprint density at radius 2 is 2.04 bits per heavy atom. The lowest BCUT2D eigenvalue weighted by Crippen LogP contribution is -2.30. The van der Waals surface area contributed by atoms with Crippen LogP contribution in [0.3, 0.4) is 0 Å². The SMILES string of the molecule is C[C@@H](Oc1ccc(F)cc1Br)C(=O)Nc1ccccc1[N+](=O)[O-]. The number of para-hydroxylation sites is 2. The van der Waals surface area contributed by atoms with E-state index in [1.807, 2.05) is 0 Å². The lowest BCUT2D eigenvalue weighted by atomic mass is 10.2. The van der Waals surface area contributed by atoms with E-state index < -0.39 is 22.8 Å². The van der Waals surface area contributed by atoms with Crippen LogP contribution in [0.25, 0.3) is 0 Å². The van der Waals surface area contributed by atoms with Crippen molar-refractivity contribution in [3.05, 3.63) is 62.9 Å². The van der Waals surface area contributed by atoms with Gasteiger partial charge in [-0.2, -0.15) is 0 Å². The molecular weight excluding hydrogens is 371 g/mol. The van der Waals surface area contributed by atoms with Gasteiger partial charge >= 0.3 is 0 Å². The molecule has 0 saturated carbocycles. The molecule has 0 aliphatic rings. The Balaban J connectivity index is 2.10. The average Bonchev–Trinajstić information content (AvgIpc) is 2.50. The van der Waals surface area contributed by atoms with Crippen molar-refractivity contribution in [3.63, 3.8) is 0 Å². The van der Waals surface area contributed by atoms with Crippen molar-refractivity contribution >= 4 is 33.2 Å². The van der Waals surface area contributed by atoms with Crippen LogP contribution < -0.4 is 10.1 Å². The molecule has 0 radical (unpaired) electrons. The van der Waals surface area contributed by atoms with Crippen LogP contribution in [0, 0.1) is 15.9 Å². The summed E-state index contributed by atoms with van der Waals surface area (Å²) in [6.45, 7) is 1.49. The van der Waals surface area contributed by atoms with E-state index in [2.05, 4.69) is 21.2 Å². The number of hydrogen-bond acceptors (Lipinski definition) is 4. The number of carbonyl (C=O) groups excluding carboxylic acids is 1. The van der Waals surface area contributed by atoms with Crippen molar-refractivity contribution in [1.82, 2.24) is 0 Å². The molecule has 1 atom stereocenters. The summed E-state index contributed by atoms with van der Waals surface area (Å²) in [6, 6.07) is 9.59. The Hall–Kier alpha value is -2.48. The smallest absolute Gasteiger partial charge is 0.292 e. The number of nitro benzene ring substituents is 1. The molecule has 23 heavy (non-hydrogen) atoms. The molecule has 6 nitrogen and oxygen atoms in total. The van der Waals surface area contributed by atoms with E-state index in [4.69, 9.17) is 4.74 Å². The molecule has 0 aliphatic carbocycles. The van der Waals surface area contributed by atoms with E-state index in [0.717, 1.165) is 0 Å². The molecule has 0 bridgehead atoms. The molecule has 0 aliphatic heterocycles. The predicted octanol–water partition coefficient (Wildman–Crippen LogP) is 3.90. The van der Waals surface area contributed by atoms with E-state index in [1.165, 1.54) is 43.3 Å². The fourth-order valence-corrected chi connectivity index (χ4v) is 2.23. The Morgan fingerprint density at radius 3 is 2.70 bits per heavy atom. The Bertz CT molecular complexity index is 754. The molecule has 120 valence electrons. The molecule has 2 rings (SSSR count). The lowest BCUT2D eigenvalue weighted by Gasteiger charge is -2.15. The number of hydrogen-bond donors (Lipinski definition) is 1. The van der Waals surface area contributed by atoms with Crippen molar-refractivity contribution < 1.29 is 18.8 Å². The molecule has 0 fully saturated rings. The number of nitrogens with zero attached hydrogens (tertiary/aromatic N) is 1. The summed E-state index contributed by atoms with van der Waals surface area (Å²) >= 11 is 3.14. The number of nitrogens with one attached hydrogen (secondary N) is 1. The lowest BCUT2D eigenvalue weighted by molar-refractivity contribution is -0.383. The molecule has 1 N–H and O–H groups in total. The molecule has 0 aromatic heterocycles. The highest BCUT2D eigenvalue weighted by Gasteiger charge is 2.20. The van der Waals surface area contributed by atoms with Gasteiger partial charge in [0.05, 0.1) is 9.40 Å². The Kier molecular flexibility index (Phi) is 5.28. The minimum atomic E-state index is -0.934. The standard InChI is InChI=1S/C15H12BrFN2O4/c1-9(23-14-7-6-10(17)8-11(14)16)15(20)18-12-4-2-3-5-13(12)19(21)22/h2-9H,1H3,(H,18,20)/t9-/m1/s1. The van der Waals surface area contributed by atoms with Crippen LogP contribution in [0.5, 0.6) is 5.75 Å². The molecule has 2 aromatic carbocycles. The largest absolute Gasteiger partial charge is 0.480 e. The van der Waals surface area contributed by atoms with Gasteiger partial charge in [-0.1, -0.05) is 12.1 Å². The number of nitro groups is 1. The number of rotatable bonds is 5. The second-order valence-corrected chi connectivity index (χ2v) is 5.45. The van der Waals surface area contributed by atoms with Crippen molar-refractivity contribution in [2.24, 2.45) is 0 Å². The summed E-state index contributed by atoms with van der Waals surface area (Å²) in [4.78, 5) is 22.5. The minimum Gasteiger partial charge on any atom is -0.480 e. The van der Waals surface area contributed by atoms with Gasteiger partial charge in [0.2, 0.25) is 0 Å². The molecule has 0 saturated heterocycles. The summed E-state index contributed by atoms with van der Waals surface area (Å²) in [5.41, 5.74) is -0.132. The van der Waals surface area contributed by atoms with Crippen molar-refractivity contribution in [2.45, 2.75) is 13.0 Å².